The maximum absolute atomic E-state index is 12.5. The van der Waals surface area contributed by atoms with Gasteiger partial charge in [0.2, 0.25) is 0 Å². The number of ketones is 1. The van der Waals surface area contributed by atoms with Gasteiger partial charge in [-0.05, 0) is 59.4 Å². The second kappa shape index (κ2) is 8.63. The summed E-state index contributed by atoms with van der Waals surface area (Å²) in [5.74, 6) is 1.25. The van der Waals surface area contributed by atoms with E-state index < -0.39 is 0 Å². The normalized spacial score (nSPS) is 11.8. The Morgan fingerprint density at radius 2 is 1.81 bits per heavy atom. The fourth-order valence-electron chi connectivity index (χ4n) is 3.25. The lowest BCUT2D eigenvalue weighted by molar-refractivity contribution is -0.118. The molecule has 3 rings (SSSR count). The fourth-order valence-corrected chi connectivity index (χ4v) is 3.25. The number of aromatic nitrogens is 1. The second-order valence-electron chi connectivity index (χ2n) is 6.98. The average molecular weight is 359 g/mol. The largest absolute Gasteiger partial charge is 0.497 e. The van der Waals surface area contributed by atoms with Crippen molar-refractivity contribution < 1.29 is 9.53 Å². The minimum Gasteiger partial charge on any atom is -0.497 e. The molecule has 0 saturated carbocycles. The van der Waals surface area contributed by atoms with Gasteiger partial charge in [-0.25, -0.2) is 0 Å². The maximum atomic E-state index is 12.5. The molecule has 1 aromatic heterocycles. The first-order valence-electron chi connectivity index (χ1n) is 9.23. The molecule has 1 unspecified atom stereocenters. The van der Waals surface area contributed by atoms with Crippen molar-refractivity contribution in [1.29, 1.82) is 0 Å². The highest BCUT2D eigenvalue weighted by atomic mass is 16.5. The van der Waals surface area contributed by atoms with Crippen LogP contribution in [0.5, 0.6) is 5.75 Å². The quantitative estimate of drug-likeness (QED) is 0.569. The second-order valence-corrected chi connectivity index (χ2v) is 6.98. The van der Waals surface area contributed by atoms with Gasteiger partial charge in [-0.2, -0.15) is 0 Å². The molecule has 0 bridgehead atoms. The summed E-state index contributed by atoms with van der Waals surface area (Å²) in [6, 6.07) is 20.2. The van der Waals surface area contributed by atoms with E-state index >= 15 is 0 Å². The van der Waals surface area contributed by atoms with Crippen LogP contribution in [0, 0.1) is 6.92 Å². The van der Waals surface area contributed by atoms with E-state index in [-0.39, 0.29) is 11.7 Å². The lowest BCUT2D eigenvalue weighted by atomic mass is 9.93. The summed E-state index contributed by atoms with van der Waals surface area (Å²) in [4.78, 5) is 16.7. The third-order valence-corrected chi connectivity index (χ3v) is 4.78. The molecule has 1 atom stereocenters. The molecule has 0 fully saturated rings. The molecule has 138 valence electrons. The molecule has 0 aliphatic carbocycles. The third kappa shape index (κ3) is 5.04. The number of benzene rings is 2. The van der Waals surface area contributed by atoms with E-state index in [0.717, 1.165) is 33.7 Å². The molecule has 27 heavy (non-hydrogen) atoms. The number of aryl methyl sites for hydroxylation is 1. The first-order chi connectivity index (χ1) is 13.0. The van der Waals surface area contributed by atoms with Crippen LogP contribution >= 0.6 is 0 Å². The predicted octanol–water partition coefficient (Wildman–Crippen LogP) is 5.37. The Balaban J connectivity index is 1.62. The van der Waals surface area contributed by atoms with Gasteiger partial charge >= 0.3 is 0 Å². The van der Waals surface area contributed by atoms with E-state index in [2.05, 4.69) is 30.1 Å². The van der Waals surface area contributed by atoms with Crippen molar-refractivity contribution in [3.8, 4) is 16.9 Å². The Hall–Kier alpha value is -2.94. The number of methoxy groups -OCH3 is 1. The first-order valence-corrected chi connectivity index (χ1v) is 9.23. The molecule has 0 N–H and O–H groups in total. The van der Waals surface area contributed by atoms with Gasteiger partial charge in [0.1, 0.15) is 11.5 Å². The number of nitrogens with zero attached hydrogens (tertiary/aromatic N) is 1. The van der Waals surface area contributed by atoms with E-state index in [9.17, 15) is 4.79 Å². The van der Waals surface area contributed by atoms with Crippen LogP contribution in [0.4, 0.5) is 0 Å². The Labute approximate surface area is 161 Å². The molecule has 2 aromatic carbocycles. The number of carbonyl (C=O) groups excluding carboxylic acids is 1. The standard InChI is InChI=1S/C24H25NO2/c1-17(21-5-4-6-24(16-21)27-3)13-23(26)15-19-7-9-20(10-8-19)22-11-12-25-18(2)14-22/h4-12,14,16-17H,13,15H2,1-3H3. The van der Waals surface area contributed by atoms with E-state index in [1.165, 1.54) is 0 Å². The summed E-state index contributed by atoms with van der Waals surface area (Å²) in [5, 5.41) is 0. The van der Waals surface area contributed by atoms with Crippen LogP contribution < -0.4 is 4.74 Å². The molecule has 0 aliphatic rings. The number of carbonyl (C=O) groups is 1. The summed E-state index contributed by atoms with van der Waals surface area (Å²) in [7, 11) is 1.66. The summed E-state index contributed by atoms with van der Waals surface area (Å²) < 4.78 is 5.27. The van der Waals surface area contributed by atoms with E-state index in [0.29, 0.717) is 12.8 Å². The molecule has 0 saturated heterocycles. The molecule has 0 radical (unpaired) electrons. The van der Waals surface area contributed by atoms with Crippen LogP contribution in [0.15, 0.2) is 66.9 Å². The summed E-state index contributed by atoms with van der Waals surface area (Å²) in [6.45, 7) is 4.07. The van der Waals surface area contributed by atoms with Gasteiger partial charge in [0, 0.05) is 24.7 Å². The van der Waals surface area contributed by atoms with Crippen LogP contribution in [0.2, 0.25) is 0 Å². The Morgan fingerprint density at radius 3 is 2.52 bits per heavy atom. The van der Waals surface area contributed by atoms with Crippen molar-refractivity contribution in [1.82, 2.24) is 4.98 Å². The van der Waals surface area contributed by atoms with Crippen molar-refractivity contribution in [2.75, 3.05) is 7.11 Å². The molecular weight excluding hydrogens is 334 g/mol. The molecule has 3 aromatic rings. The third-order valence-electron chi connectivity index (χ3n) is 4.78. The van der Waals surface area contributed by atoms with Crippen LogP contribution in [-0.2, 0) is 11.2 Å². The number of pyridine rings is 1. The van der Waals surface area contributed by atoms with Gasteiger partial charge in [-0.1, -0.05) is 43.3 Å². The molecule has 0 spiro atoms. The highest BCUT2D eigenvalue weighted by Crippen LogP contribution is 2.24. The van der Waals surface area contributed by atoms with Gasteiger partial charge in [0.25, 0.3) is 0 Å². The Morgan fingerprint density at radius 1 is 1.04 bits per heavy atom. The maximum Gasteiger partial charge on any atom is 0.137 e. The molecule has 3 nitrogen and oxygen atoms in total. The first kappa shape index (κ1) is 18.8. The zero-order chi connectivity index (χ0) is 19.2. The predicted molar refractivity (Wildman–Crippen MR) is 109 cm³/mol. The number of Topliss-reactive ketones (excluding diaryl/α,β-unsaturated/α-hetero) is 1. The van der Waals surface area contributed by atoms with Crippen molar-refractivity contribution in [2.45, 2.75) is 32.6 Å². The minimum atomic E-state index is 0.173. The van der Waals surface area contributed by atoms with Crippen molar-refractivity contribution >= 4 is 5.78 Å². The minimum absolute atomic E-state index is 0.173. The zero-order valence-electron chi connectivity index (χ0n) is 16.1. The number of rotatable bonds is 7. The van der Waals surface area contributed by atoms with Gasteiger partial charge in [0.15, 0.2) is 0 Å². The summed E-state index contributed by atoms with van der Waals surface area (Å²) in [6.07, 6.45) is 2.81. The zero-order valence-corrected chi connectivity index (χ0v) is 16.1. The number of ether oxygens (including phenoxy) is 1. The van der Waals surface area contributed by atoms with E-state index in [4.69, 9.17) is 4.74 Å². The van der Waals surface area contributed by atoms with E-state index in [1.807, 2.05) is 55.6 Å². The van der Waals surface area contributed by atoms with Gasteiger partial charge in [-0.15, -0.1) is 0 Å². The summed E-state index contributed by atoms with van der Waals surface area (Å²) >= 11 is 0. The monoisotopic (exact) mass is 359 g/mol. The highest BCUT2D eigenvalue weighted by molar-refractivity contribution is 5.82. The highest BCUT2D eigenvalue weighted by Gasteiger charge is 2.13. The van der Waals surface area contributed by atoms with Crippen LogP contribution in [-0.4, -0.2) is 17.9 Å². The average Bonchev–Trinajstić information content (AvgIpc) is 2.68. The smallest absolute Gasteiger partial charge is 0.137 e. The Kier molecular flexibility index (Phi) is 6.02. The topological polar surface area (TPSA) is 39.2 Å². The molecule has 0 amide bonds. The molecule has 0 aliphatic heterocycles. The van der Waals surface area contributed by atoms with Crippen LogP contribution in [0.1, 0.15) is 36.1 Å². The fraction of sp³-hybridized carbons (Fsp3) is 0.250. The van der Waals surface area contributed by atoms with Crippen LogP contribution in [0.3, 0.4) is 0 Å². The number of hydrogen-bond donors (Lipinski definition) is 0. The molecule has 1 heterocycles. The van der Waals surface area contributed by atoms with Crippen molar-refractivity contribution in [3.63, 3.8) is 0 Å². The van der Waals surface area contributed by atoms with Crippen molar-refractivity contribution in [2.24, 2.45) is 0 Å². The van der Waals surface area contributed by atoms with Gasteiger partial charge < -0.3 is 4.74 Å². The SMILES string of the molecule is COc1cccc(C(C)CC(=O)Cc2ccc(-c3ccnc(C)c3)cc2)c1. The lowest BCUT2D eigenvalue weighted by Gasteiger charge is -2.12. The number of hydrogen-bond acceptors (Lipinski definition) is 3. The van der Waals surface area contributed by atoms with Crippen LogP contribution in [0.25, 0.3) is 11.1 Å². The summed E-state index contributed by atoms with van der Waals surface area (Å²) in [5.41, 5.74) is 5.46. The molecule has 3 heteroatoms. The van der Waals surface area contributed by atoms with Gasteiger partial charge in [0.05, 0.1) is 7.11 Å². The lowest BCUT2D eigenvalue weighted by Crippen LogP contribution is -2.07. The van der Waals surface area contributed by atoms with Gasteiger partial charge in [-0.3, -0.25) is 9.78 Å². The Bertz CT molecular complexity index is 916. The molecular formula is C24H25NO2. The van der Waals surface area contributed by atoms with Crippen molar-refractivity contribution in [3.05, 3.63) is 83.7 Å². The van der Waals surface area contributed by atoms with E-state index in [1.54, 1.807) is 7.11 Å².